The molecule has 3 aromatic rings. The number of thiophene rings is 1. The van der Waals surface area contributed by atoms with Gasteiger partial charge in [0.05, 0.1) is 11.5 Å². The highest BCUT2D eigenvalue weighted by Gasteiger charge is 2.35. The zero-order valence-electron chi connectivity index (χ0n) is 15.9. The van der Waals surface area contributed by atoms with Gasteiger partial charge in [0.2, 0.25) is 0 Å². The fourth-order valence-corrected chi connectivity index (χ4v) is 5.98. The first kappa shape index (κ1) is 18.0. The van der Waals surface area contributed by atoms with Crippen molar-refractivity contribution in [1.29, 1.82) is 0 Å². The lowest BCUT2D eigenvalue weighted by molar-refractivity contribution is 0.0442. The van der Waals surface area contributed by atoms with Gasteiger partial charge in [0, 0.05) is 17.7 Å². The van der Waals surface area contributed by atoms with Gasteiger partial charge < -0.3 is 10.0 Å². The van der Waals surface area contributed by atoms with Crippen molar-refractivity contribution >= 4 is 27.2 Å². The maximum absolute atomic E-state index is 13.0. The summed E-state index contributed by atoms with van der Waals surface area (Å²) in [5.74, 6) is 1.58. The smallest absolute Gasteiger partial charge is 0.173 e. The number of fused-ring (bicyclic) bond motifs is 4. The second-order valence-corrected chi connectivity index (χ2v) is 9.29. The van der Waals surface area contributed by atoms with E-state index in [2.05, 4.69) is 29.2 Å². The molecule has 3 nitrogen and oxygen atoms in total. The van der Waals surface area contributed by atoms with Crippen LogP contribution in [0.4, 0.5) is 0 Å². The summed E-state index contributed by atoms with van der Waals surface area (Å²) in [4.78, 5) is 16.4. The summed E-state index contributed by atoms with van der Waals surface area (Å²) in [6.07, 6.45) is 3.21. The van der Waals surface area contributed by atoms with E-state index in [0.29, 0.717) is 18.1 Å². The van der Waals surface area contributed by atoms with E-state index in [0.717, 1.165) is 44.1 Å². The monoisotopic (exact) mass is 391 g/mol. The lowest BCUT2D eigenvalue weighted by Gasteiger charge is -2.44. The topological polar surface area (TPSA) is 40.5 Å². The van der Waals surface area contributed by atoms with Crippen LogP contribution in [-0.2, 0) is 6.61 Å². The van der Waals surface area contributed by atoms with Crippen LogP contribution in [0.3, 0.4) is 0 Å². The molecular formula is C24H25NO2S. The van der Waals surface area contributed by atoms with E-state index in [1.54, 1.807) is 11.3 Å². The second kappa shape index (κ2) is 7.43. The molecule has 1 aromatic heterocycles. The molecule has 0 unspecified atom stereocenters. The third-order valence-corrected chi connectivity index (χ3v) is 7.67. The Hall–Kier alpha value is -2.01. The van der Waals surface area contributed by atoms with Crippen molar-refractivity contribution in [3.05, 3.63) is 59.0 Å². The molecule has 3 aliphatic rings. The van der Waals surface area contributed by atoms with Crippen LogP contribution in [0, 0.1) is 11.8 Å². The van der Waals surface area contributed by atoms with E-state index < -0.39 is 0 Å². The van der Waals surface area contributed by atoms with E-state index in [-0.39, 0.29) is 6.61 Å². The van der Waals surface area contributed by atoms with Gasteiger partial charge in [-0.3, -0.25) is 4.79 Å². The van der Waals surface area contributed by atoms with Crippen LogP contribution in [0.1, 0.15) is 34.5 Å². The molecule has 1 atom stereocenters. The molecule has 0 saturated carbocycles. The van der Waals surface area contributed by atoms with Crippen molar-refractivity contribution in [3.63, 3.8) is 0 Å². The largest absolute Gasteiger partial charge is 0.392 e. The molecule has 28 heavy (non-hydrogen) atoms. The third kappa shape index (κ3) is 3.30. The van der Waals surface area contributed by atoms with Gasteiger partial charge in [0.15, 0.2) is 5.78 Å². The van der Waals surface area contributed by atoms with Crippen LogP contribution >= 0.6 is 11.3 Å². The number of aliphatic hydroxyl groups is 1. The van der Waals surface area contributed by atoms with Gasteiger partial charge in [0.1, 0.15) is 0 Å². The lowest BCUT2D eigenvalue weighted by atomic mass is 9.76. The van der Waals surface area contributed by atoms with E-state index in [4.69, 9.17) is 0 Å². The average molecular weight is 392 g/mol. The van der Waals surface area contributed by atoms with Crippen molar-refractivity contribution in [2.45, 2.75) is 25.9 Å². The SMILES string of the molecule is O=C(C[C@H]1CN2CCC1CC2)c1cc2ccc(-c3ccccc3CO)cc2s1. The number of carbonyl (C=O) groups is 1. The number of hydrogen-bond acceptors (Lipinski definition) is 4. The maximum atomic E-state index is 13.0. The molecule has 0 spiro atoms. The van der Waals surface area contributed by atoms with Crippen LogP contribution in [0.5, 0.6) is 0 Å². The molecule has 3 fully saturated rings. The summed E-state index contributed by atoms with van der Waals surface area (Å²) in [6.45, 7) is 3.57. The molecule has 3 aliphatic heterocycles. The molecule has 0 aliphatic carbocycles. The number of rotatable bonds is 5. The molecule has 0 amide bonds. The molecule has 0 radical (unpaired) electrons. The molecule has 1 N–H and O–H groups in total. The van der Waals surface area contributed by atoms with Gasteiger partial charge in [-0.05, 0) is 72.0 Å². The molecule has 4 heterocycles. The third-order valence-electron chi connectivity index (χ3n) is 6.53. The van der Waals surface area contributed by atoms with Crippen molar-refractivity contribution in [1.82, 2.24) is 4.90 Å². The molecule has 2 bridgehead atoms. The summed E-state index contributed by atoms with van der Waals surface area (Å²) in [5.41, 5.74) is 3.08. The number of ketones is 1. The summed E-state index contributed by atoms with van der Waals surface area (Å²) >= 11 is 1.61. The Morgan fingerprint density at radius 1 is 1.11 bits per heavy atom. The first-order valence-corrected chi connectivity index (χ1v) is 11.0. The number of nitrogens with zero attached hydrogens (tertiary/aromatic N) is 1. The molecule has 6 rings (SSSR count). The van der Waals surface area contributed by atoms with Crippen molar-refractivity contribution in [2.24, 2.45) is 11.8 Å². The average Bonchev–Trinajstić information content (AvgIpc) is 3.18. The maximum Gasteiger partial charge on any atom is 0.173 e. The Kier molecular flexibility index (Phi) is 4.79. The number of piperidine rings is 3. The number of benzene rings is 2. The summed E-state index contributed by atoms with van der Waals surface area (Å²) in [5, 5.41) is 10.8. The fraction of sp³-hybridized carbons (Fsp3) is 0.375. The Bertz CT molecular complexity index is 1020. The van der Waals surface area contributed by atoms with Crippen molar-refractivity contribution in [2.75, 3.05) is 19.6 Å². The van der Waals surface area contributed by atoms with E-state index >= 15 is 0 Å². The molecular weight excluding hydrogens is 366 g/mol. The standard InChI is InChI=1S/C24H25NO2S/c26-15-19-3-1-2-4-21(19)17-5-6-18-13-24(28-23(18)12-17)22(27)11-20-14-25-9-7-16(20)8-10-25/h1-6,12-13,16,20,26H,7-11,14-15H2/t20-/m0/s1. The Morgan fingerprint density at radius 3 is 2.68 bits per heavy atom. The van der Waals surface area contributed by atoms with Gasteiger partial charge >= 0.3 is 0 Å². The minimum Gasteiger partial charge on any atom is -0.392 e. The molecule has 4 heteroatoms. The van der Waals surface area contributed by atoms with Crippen LogP contribution < -0.4 is 0 Å². The lowest BCUT2D eigenvalue weighted by Crippen LogP contribution is -2.47. The zero-order chi connectivity index (χ0) is 19.1. The summed E-state index contributed by atoms with van der Waals surface area (Å²) in [6, 6.07) is 16.3. The van der Waals surface area contributed by atoms with Gasteiger partial charge in [0.25, 0.3) is 0 Å². The van der Waals surface area contributed by atoms with Gasteiger partial charge in [-0.1, -0.05) is 36.4 Å². The minimum absolute atomic E-state index is 0.0297. The Balaban J connectivity index is 1.40. The first-order chi connectivity index (χ1) is 13.7. The Morgan fingerprint density at radius 2 is 1.93 bits per heavy atom. The van der Waals surface area contributed by atoms with Gasteiger partial charge in [-0.25, -0.2) is 0 Å². The predicted molar refractivity (Wildman–Crippen MR) is 115 cm³/mol. The minimum atomic E-state index is 0.0297. The van der Waals surface area contributed by atoms with Crippen LogP contribution in [0.25, 0.3) is 21.2 Å². The summed E-state index contributed by atoms with van der Waals surface area (Å²) in [7, 11) is 0. The fourth-order valence-electron chi connectivity index (χ4n) is 4.93. The van der Waals surface area contributed by atoms with Gasteiger partial charge in [-0.2, -0.15) is 0 Å². The molecule has 3 saturated heterocycles. The first-order valence-electron chi connectivity index (χ1n) is 10.2. The summed E-state index contributed by atoms with van der Waals surface area (Å²) < 4.78 is 1.14. The second-order valence-electron chi connectivity index (χ2n) is 8.20. The van der Waals surface area contributed by atoms with Crippen LogP contribution in [0.15, 0.2) is 48.5 Å². The van der Waals surface area contributed by atoms with Crippen LogP contribution in [0.2, 0.25) is 0 Å². The van der Waals surface area contributed by atoms with E-state index in [1.165, 1.54) is 25.9 Å². The highest BCUT2D eigenvalue weighted by Crippen LogP contribution is 2.37. The molecule has 2 aromatic carbocycles. The highest BCUT2D eigenvalue weighted by molar-refractivity contribution is 7.20. The number of Topliss-reactive ketones (excluding diaryl/α,β-unsaturated/α-hetero) is 1. The zero-order valence-corrected chi connectivity index (χ0v) is 16.8. The quantitative estimate of drug-likeness (QED) is 0.624. The predicted octanol–water partition coefficient (Wildman–Crippen LogP) is 4.98. The van der Waals surface area contributed by atoms with Crippen LogP contribution in [-0.4, -0.2) is 35.4 Å². The number of aliphatic hydroxyl groups excluding tert-OH is 1. The highest BCUT2D eigenvalue weighted by atomic mass is 32.1. The number of carbonyl (C=O) groups excluding carboxylic acids is 1. The van der Waals surface area contributed by atoms with Crippen molar-refractivity contribution in [3.8, 4) is 11.1 Å². The normalized spacial score (nSPS) is 24.0. The van der Waals surface area contributed by atoms with Gasteiger partial charge in [-0.15, -0.1) is 11.3 Å². The Labute approximate surface area is 169 Å². The number of hydrogen-bond donors (Lipinski definition) is 1. The van der Waals surface area contributed by atoms with Crippen molar-refractivity contribution < 1.29 is 9.90 Å². The van der Waals surface area contributed by atoms with E-state index in [1.807, 2.05) is 24.3 Å². The van der Waals surface area contributed by atoms with E-state index in [9.17, 15) is 9.90 Å². The molecule has 144 valence electrons.